The molecule has 0 spiro atoms. The lowest BCUT2D eigenvalue weighted by molar-refractivity contribution is 0.364. The number of benzene rings is 1. The van der Waals surface area contributed by atoms with Crippen LogP contribution in [0.15, 0.2) is 36.8 Å². The first-order chi connectivity index (χ1) is 10.4. The van der Waals surface area contributed by atoms with Gasteiger partial charge in [-0.05, 0) is 49.8 Å². The van der Waals surface area contributed by atoms with Crippen molar-refractivity contribution in [2.24, 2.45) is 0 Å². The Hall–Kier alpha value is -1.61. The zero-order chi connectivity index (χ0) is 14.1. The van der Waals surface area contributed by atoms with Gasteiger partial charge in [-0.15, -0.1) is 0 Å². The van der Waals surface area contributed by atoms with Crippen molar-refractivity contribution in [3.63, 3.8) is 0 Å². The van der Waals surface area contributed by atoms with Crippen LogP contribution < -0.4 is 5.32 Å². The number of nitrogens with zero attached hydrogens (tertiary/aromatic N) is 2. The Morgan fingerprint density at radius 3 is 2.86 bits per heavy atom. The summed E-state index contributed by atoms with van der Waals surface area (Å²) < 4.78 is 2.44. The van der Waals surface area contributed by atoms with Crippen molar-refractivity contribution in [2.45, 2.75) is 50.6 Å². The van der Waals surface area contributed by atoms with E-state index in [0.29, 0.717) is 12.1 Å². The molecule has 2 heterocycles. The molecule has 2 unspecified atom stereocenters. The van der Waals surface area contributed by atoms with Crippen LogP contribution in [0.1, 0.15) is 54.6 Å². The van der Waals surface area contributed by atoms with E-state index in [-0.39, 0.29) is 0 Å². The molecule has 4 rings (SSSR count). The predicted molar refractivity (Wildman–Crippen MR) is 84.3 cm³/mol. The van der Waals surface area contributed by atoms with Crippen molar-refractivity contribution in [3.05, 3.63) is 53.6 Å². The van der Waals surface area contributed by atoms with Crippen molar-refractivity contribution >= 4 is 0 Å². The molecule has 1 aliphatic heterocycles. The van der Waals surface area contributed by atoms with E-state index in [1.54, 1.807) is 0 Å². The second kappa shape index (κ2) is 5.64. The summed E-state index contributed by atoms with van der Waals surface area (Å²) in [6, 6.07) is 9.96. The topological polar surface area (TPSA) is 29.9 Å². The summed E-state index contributed by atoms with van der Waals surface area (Å²) >= 11 is 0. The van der Waals surface area contributed by atoms with Gasteiger partial charge in [0.2, 0.25) is 0 Å². The van der Waals surface area contributed by atoms with E-state index < -0.39 is 0 Å². The smallest absolute Gasteiger partial charge is 0.0951 e. The van der Waals surface area contributed by atoms with E-state index in [0.717, 1.165) is 13.0 Å². The van der Waals surface area contributed by atoms with Gasteiger partial charge in [-0.3, -0.25) is 0 Å². The largest absolute Gasteiger partial charge is 0.330 e. The monoisotopic (exact) mass is 281 g/mol. The van der Waals surface area contributed by atoms with Gasteiger partial charge in [-0.25, -0.2) is 4.98 Å². The maximum atomic E-state index is 4.45. The van der Waals surface area contributed by atoms with Crippen LogP contribution in [0.3, 0.4) is 0 Å². The van der Waals surface area contributed by atoms with Crippen molar-refractivity contribution in [2.75, 3.05) is 6.54 Å². The highest BCUT2D eigenvalue weighted by atomic mass is 15.1. The molecule has 1 aliphatic carbocycles. The SMILES string of the molecule is c1ccc2c(c1)CCC(n1cncc1C1CCCCN1)C2. The van der Waals surface area contributed by atoms with Crippen LogP contribution in [0.4, 0.5) is 0 Å². The number of imidazole rings is 1. The molecule has 110 valence electrons. The lowest BCUT2D eigenvalue weighted by Crippen LogP contribution is -2.30. The molecule has 1 saturated heterocycles. The van der Waals surface area contributed by atoms with Crippen LogP contribution >= 0.6 is 0 Å². The maximum Gasteiger partial charge on any atom is 0.0951 e. The first-order valence-electron chi connectivity index (χ1n) is 8.24. The van der Waals surface area contributed by atoms with E-state index in [4.69, 9.17) is 0 Å². The molecular formula is C18H23N3. The van der Waals surface area contributed by atoms with Crippen molar-refractivity contribution in [3.8, 4) is 0 Å². The molecule has 1 N–H and O–H groups in total. The zero-order valence-electron chi connectivity index (χ0n) is 12.5. The molecule has 1 aromatic heterocycles. The molecule has 21 heavy (non-hydrogen) atoms. The molecule has 2 aromatic rings. The first-order valence-corrected chi connectivity index (χ1v) is 8.24. The Kier molecular flexibility index (Phi) is 3.52. The second-order valence-corrected chi connectivity index (χ2v) is 6.39. The summed E-state index contributed by atoms with van der Waals surface area (Å²) in [6.07, 6.45) is 11.6. The summed E-state index contributed by atoms with van der Waals surface area (Å²) in [4.78, 5) is 4.45. The van der Waals surface area contributed by atoms with E-state index in [1.807, 2.05) is 6.33 Å². The van der Waals surface area contributed by atoms with E-state index in [1.165, 1.54) is 48.9 Å². The lowest BCUT2D eigenvalue weighted by atomic mass is 9.88. The number of rotatable bonds is 2. The summed E-state index contributed by atoms with van der Waals surface area (Å²) in [5, 5.41) is 3.66. The van der Waals surface area contributed by atoms with Crippen LogP contribution in [0.2, 0.25) is 0 Å². The van der Waals surface area contributed by atoms with Crippen LogP contribution in [-0.2, 0) is 12.8 Å². The van der Waals surface area contributed by atoms with Gasteiger partial charge < -0.3 is 9.88 Å². The van der Waals surface area contributed by atoms with Crippen LogP contribution in [-0.4, -0.2) is 16.1 Å². The zero-order valence-corrected chi connectivity index (χ0v) is 12.5. The molecule has 0 saturated carbocycles. The van der Waals surface area contributed by atoms with Gasteiger partial charge in [0.15, 0.2) is 0 Å². The molecule has 0 bridgehead atoms. The van der Waals surface area contributed by atoms with E-state index >= 15 is 0 Å². The minimum Gasteiger partial charge on any atom is -0.330 e. The number of aromatic nitrogens is 2. The number of hydrogen-bond donors (Lipinski definition) is 1. The van der Waals surface area contributed by atoms with Gasteiger partial charge in [0, 0.05) is 18.3 Å². The lowest BCUT2D eigenvalue weighted by Gasteiger charge is -2.30. The number of aryl methyl sites for hydroxylation is 1. The molecule has 3 heteroatoms. The predicted octanol–water partition coefficient (Wildman–Crippen LogP) is 3.43. The summed E-state index contributed by atoms with van der Waals surface area (Å²) in [5.74, 6) is 0. The minimum absolute atomic E-state index is 0.499. The van der Waals surface area contributed by atoms with E-state index in [2.05, 4.69) is 45.3 Å². The molecule has 2 atom stereocenters. The molecule has 0 amide bonds. The quantitative estimate of drug-likeness (QED) is 0.914. The third-order valence-corrected chi connectivity index (χ3v) is 5.08. The van der Waals surface area contributed by atoms with Crippen LogP contribution in [0, 0.1) is 0 Å². The van der Waals surface area contributed by atoms with Gasteiger partial charge in [0.05, 0.1) is 12.0 Å². The van der Waals surface area contributed by atoms with Gasteiger partial charge >= 0.3 is 0 Å². The highest BCUT2D eigenvalue weighted by Crippen LogP contribution is 2.32. The Morgan fingerprint density at radius 1 is 1.10 bits per heavy atom. The number of nitrogens with one attached hydrogen (secondary N) is 1. The van der Waals surface area contributed by atoms with Crippen molar-refractivity contribution < 1.29 is 0 Å². The molecule has 2 aliphatic rings. The average Bonchev–Trinajstić information content (AvgIpc) is 3.05. The van der Waals surface area contributed by atoms with Crippen molar-refractivity contribution in [1.29, 1.82) is 0 Å². The average molecular weight is 281 g/mol. The first kappa shape index (κ1) is 13.1. The normalized spacial score (nSPS) is 25.5. The third-order valence-electron chi connectivity index (χ3n) is 5.08. The number of piperidine rings is 1. The fraction of sp³-hybridized carbons (Fsp3) is 0.500. The van der Waals surface area contributed by atoms with Gasteiger partial charge in [-0.2, -0.15) is 0 Å². The number of fused-ring (bicyclic) bond motifs is 1. The van der Waals surface area contributed by atoms with Gasteiger partial charge in [0.25, 0.3) is 0 Å². The Labute approximate surface area is 126 Å². The molecule has 0 radical (unpaired) electrons. The Bertz CT molecular complexity index is 610. The van der Waals surface area contributed by atoms with Gasteiger partial charge in [0.1, 0.15) is 0 Å². The third kappa shape index (κ3) is 2.51. The highest BCUT2D eigenvalue weighted by molar-refractivity contribution is 5.30. The fourth-order valence-electron chi connectivity index (χ4n) is 3.91. The maximum absolute atomic E-state index is 4.45. The Morgan fingerprint density at radius 2 is 2.00 bits per heavy atom. The second-order valence-electron chi connectivity index (χ2n) is 6.39. The van der Waals surface area contributed by atoms with Crippen molar-refractivity contribution in [1.82, 2.24) is 14.9 Å². The summed E-state index contributed by atoms with van der Waals surface area (Å²) in [7, 11) is 0. The summed E-state index contributed by atoms with van der Waals surface area (Å²) in [5.41, 5.74) is 4.44. The molecule has 3 nitrogen and oxygen atoms in total. The summed E-state index contributed by atoms with van der Waals surface area (Å²) in [6.45, 7) is 1.14. The number of hydrogen-bond acceptors (Lipinski definition) is 2. The van der Waals surface area contributed by atoms with E-state index in [9.17, 15) is 0 Å². The highest BCUT2D eigenvalue weighted by Gasteiger charge is 2.25. The molecule has 1 aromatic carbocycles. The minimum atomic E-state index is 0.499. The van der Waals surface area contributed by atoms with Crippen LogP contribution in [0.5, 0.6) is 0 Å². The van der Waals surface area contributed by atoms with Gasteiger partial charge in [-0.1, -0.05) is 30.7 Å². The Balaban J connectivity index is 1.59. The fourth-order valence-corrected chi connectivity index (χ4v) is 3.91. The molecule has 1 fully saturated rings. The standard InChI is InChI=1S/C18H23N3/c1-2-6-15-11-16(9-8-14(15)5-1)21-13-19-12-18(21)17-7-3-4-10-20-17/h1-2,5-6,12-13,16-17,20H,3-4,7-11H2. The van der Waals surface area contributed by atoms with Crippen LogP contribution in [0.25, 0.3) is 0 Å². The molecular weight excluding hydrogens is 258 g/mol.